The quantitative estimate of drug-likeness (QED) is 0.902. The van der Waals surface area contributed by atoms with E-state index in [1.54, 1.807) is 35.7 Å². The molecule has 0 aromatic carbocycles. The molecule has 122 valence electrons. The number of carbonyl (C=O) groups is 1. The summed E-state index contributed by atoms with van der Waals surface area (Å²) >= 11 is 0. The van der Waals surface area contributed by atoms with Crippen LogP contribution in [0.2, 0.25) is 0 Å². The van der Waals surface area contributed by atoms with E-state index in [2.05, 4.69) is 20.3 Å². The van der Waals surface area contributed by atoms with Gasteiger partial charge >= 0.3 is 0 Å². The fraction of sp³-hybridized carbons (Fsp3) is 0.500. The molecule has 7 heteroatoms. The van der Waals surface area contributed by atoms with E-state index >= 15 is 0 Å². The molecule has 1 saturated heterocycles. The predicted molar refractivity (Wildman–Crippen MR) is 83.3 cm³/mol. The first kappa shape index (κ1) is 15.6. The highest BCUT2D eigenvalue weighted by Gasteiger charge is 2.32. The second-order valence-corrected chi connectivity index (χ2v) is 5.96. The van der Waals surface area contributed by atoms with E-state index in [4.69, 9.17) is 4.74 Å². The van der Waals surface area contributed by atoms with Crippen LogP contribution >= 0.6 is 0 Å². The van der Waals surface area contributed by atoms with Crippen LogP contribution in [0.1, 0.15) is 37.6 Å². The summed E-state index contributed by atoms with van der Waals surface area (Å²) in [7, 11) is 0. The second kappa shape index (κ2) is 6.87. The van der Waals surface area contributed by atoms with Gasteiger partial charge in [-0.3, -0.25) is 4.79 Å². The standard InChI is InChI=1S/C16H21N5O2/c1-16(4-2-3-7-23-16)15-19-9-13(10-20-15)8-18-14(22)11-21-6-5-17-12-21/h5-6,9-10,12H,2-4,7-8,11H2,1H3,(H,18,22). The summed E-state index contributed by atoms with van der Waals surface area (Å²) < 4.78 is 7.56. The number of nitrogens with one attached hydrogen (secondary N) is 1. The molecule has 0 aliphatic carbocycles. The first-order chi connectivity index (χ1) is 11.2. The molecular weight excluding hydrogens is 294 g/mol. The van der Waals surface area contributed by atoms with Crippen LogP contribution in [-0.2, 0) is 28.2 Å². The van der Waals surface area contributed by atoms with Gasteiger partial charge in [0.15, 0.2) is 5.82 Å². The van der Waals surface area contributed by atoms with E-state index in [1.807, 2.05) is 6.92 Å². The van der Waals surface area contributed by atoms with Crippen molar-refractivity contribution in [3.05, 3.63) is 42.5 Å². The molecule has 2 aromatic heterocycles. The van der Waals surface area contributed by atoms with Crippen molar-refractivity contribution in [1.29, 1.82) is 0 Å². The van der Waals surface area contributed by atoms with Crippen LogP contribution in [0, 0.1) is 0 Å². The van der Waals surface area contributed by atoms with Crippen LogP contribution < -0.4 is 5.32 Å². The molecule has 0 bridgehead atoms. The monoisotopic (exact) mass is 315 g/mol. The van der Waals surface area contributed by atoms with E-state index in [1.165, 1.54) is 0 Å². The van der Waals surface area contributed by atoms with Crippen LogP contribution in [0.4, 0.5) is 0 Å². The Labute approximate surface area is 135 Å². The molecule has 2 aromatic rings. The third-order valence-electron chi connectivity index (χ3n) is 4.02. The van der Waals surface area contributed by atoms with Crippen molar-refractivity contribution >= 4 is 5.91 Å². The summed E-state index contributed by atoms with van der Waals surface area (Å²) in [6.07, 6.45) is 11.7. The normalized spacial score (nSPS) is 21.1. The summed E-state index contributed by atoms with van der Waals surface area (Å²) in [4.78, 5) is 24.6. The minimum atomic E-state index is -0.387. The highest BCUT2D eigenvalue weighted by atomic mass is 16.5. The maximum Gasteiger partial charge on any atom is 0.240 e. The minimum Gasteiger partial charge on any atom is -0.367 e. The SMILES string of the molecule is CC1(c2ncc(CNC(=O)Cn3ccnc3)cn2)CCCCO1. The summed E-state index contributed by atoms with van der Waals surface area (Å²) in [6.45, 7) is 3.45. The van der Waals surface area contributed by atoms with E-state index in [-0.39, 0.29) is 18.1 Å². The van der Waals surface area contributed by atoms with Gasteiger partial charge in [-0.1, -0.05) is 0 Å². The molecule has 23 heavy (non-hydrogen) atoms. The van der Waals surface area contributed by atoms with Gasteiger partial charge in [-0.2, -0.15) is 0 Å². The number of ether oxygens (including phenoxy) is 1. The largest absolute Gasteiger partial charge is 0.367 e. The molecule has 1 unspecified atom stereocenters. The summed E-state index contributed by atoms with van der Waals surface area (Å²) in [5.41, 5.74) is 0.480. The second-order valence-electron chi connectivity index (χ2n) is 5.96. The number of hydrogen-bond donors (Lipinski definition) is 1. The van der Waals surface area contributed by atoms with E-state index in [0.717, 1.165) is 31.4 Å². The Balaban J connectivity index is 1.54. The first-order valence-electron chi connectivity index (χ1n) is 7.83. The lowest BCUT2D eigenvalue weighted by atomic mass is 9.95. The fourth-order valence-corrected chi connectivity index (χ4v) is 2.63. The number of rotatable bonds is 5. The van der Waals surface area contributed by atoms with Crippen LogP contribution in [0.3, 0.4) is 0 Å². The van der Waals surface area contributed by atoms with Crippen molar-refractivity contribution < 1.29 is 9.53 Å². The lowest BCUT2D eigenvalue weighted by Crippen LogP contribution is -2.32. The molecule has 3 rings (SSSR count). The lowest BCUT2D eigenvalue weighted by Gasteiger charge is -2.32. The van der Waals surface area contributed by atoms with Crippen LogP contribution in [0.5, 0.6) is 0 Å². The van der Waals surface area contributed by atoms with Crippen LogP contribution in [-0.4, -0.2) is 32.0 Å². The topological polar surface area (TPSA) is 81.9 Å². The van der Waals surface area contributed by atoms with Gasteiger partial charge < -0.3 is 14.6 Å². The Kier molecular flexibility index (Phi) is 4.66. The van der Waals surface area contributed by atoms with Gasteiger partial charge in [-0.25, -0.2) is 15.0 Å². The van der Waals surface area contributed by atoms with Gasteiger partial charge in [0.25, 0.3) is 0 Å². The van der Waals surface area contributed by atoms with Gasteiger partial charge in [0, 0.05) is 43.5 Å². The van der Waals surface area contributed by atoms with Gasteiger partial charge in [0.2, 0.25) is 5.91 Å². The lowest BCUT2D eigenvalue weighted by molar-refractivity contribution is -0.121. The highest BCUT2D eigenvalue weighted by Crippen LogP contribution is 2.32. The number of imidazole rings is 1. The fourth-order valence-electron chi connectivity index (χ4n) is 2.63. The molecular formula is C16H21N5O2. The molecule has 1 aliphatic rings. The zero-order valence-corrected chi connectivity index (χ0v) is 13.2. The molecule has 1 amide bonds. The van der Waals surface area contributed by atoms with Gasteiger partial charge in [-0.15, -0.1) is 0 Å². The highest BCUT2D eigenvalue weighted by molar-refractivity contribution is 5.75. The Morgan fingerprint density at radius 2 is 2.22 bits per heavy atom. The van der Waals surface area contributed by atoms with E-state index in [9.17, 15) is 4.79 Å². The molecule has 3 heterocycles. The van der Waals surface area contributed by atoms with E-state index < -0.39 is 0 Å². The van der Waals surface area contributed by atoms with Crippen molar-refractivity contribution in [3.8, 4) is 0 Å². The van der Waals surface area contributed by atoms with Gasteiger partial charge in [-0.05, 0) is 26.2 Å². The molecule has 1 aliphatic heterocycles. The smallest absolute Gasteiger partial charge is 0.240 e. The number of carbonyl (C=O) groups excluding carboxylic acids is 1. The van der Waals surface area contributed by atoms with Crippen molar-refractivity contribution in [2.75, 3.05) is 6.61 Å². The van der Waals surface area contributed by atoms with Crippen LogP contribution in [0.25, 0.3) is 0 Å². The third kappa shape index (κ3) is 3.92. The number of amides is 1. The Bertz CT molecular complexity index is 633. The number of hydrogen-bond acceptors (Lipinski definition) is 5. The van der Waals surface area contributed by atoms with Crippen molar-refractivity contribution in [2.45, 2.75) is 44.9 Å². The number of nitrogens with zero attached hydrogens (tertiary/aromatic N) is 4. The van der Waals surface area contributed by atoms with Crippen molar-refractivity contribution in [2.24, 2.45) is 0 Å². The number of aromatic nitrogens is 4. The molecule has 1 N–H and O–H groups in total. The third-order valence-corrected chi connectivity index (χ3v) is 4.02. The molecule has 1 fully saturated rings. The van der Waals surface area contributed by atoms with Gasteiger partial charge in [0.1, 0.15) is 12.1 Å². The first-order valence-corrected chi connectivity index (χ1v) is 7.83. The van der Waals surface area contributed by atoms with E-state index in [0.29, 0.717) is 12.4 Å². The summed E-state index contributed by atoms with van der Waals surface area (Å²) in [5.74, 6) is 0.639. The zero-order chi connectivity index (χ0) is 16.1. The Hall–Kier alpha value is -2.28. The maximum atomic E-state index is 11.8. The predicted octanol–water partition coefficient (Wildman–Crippen LogP) is 1.41. The molecule has 7 nitrogen and oxygen atoms in total. The molecule has 0 radical (unpaired) electrons. The average Bonchev–Trinajstić information content (AvgIpc) is 3.07. The Morgan fingerprint density at radius 3 is 2.87 bits per heavy atom. The summed E-state index contributed by atoms with van der Waals surface area (Å²) in [5, 5.41) is 2.85. The van der Waals surface area contributed by atoms with Crippen molar-refractivity contribution in [3.63, 3.8) is 0 Å². The van der Waals surface area contributed by atoms with Gasteiger partial charge in [0.05, 0.1) is 6.33 Å². The maximum absolute atomic E-state index is 11.8. The van der Waals surface area contributed by atoms with Crippen molar-refractivity contribution in [1.82, 2.24) is 24.8 Å². The minimum absolute atomic E-state index is 0.0744. The average molecular weight is 315 g/mol. The zero-order valence-electron chi connectivity index (χ0n) is 13.2. The molecule has 1 atom stereocenters. The summed E-state index contributed by atoms with van der Waals surface area (Å²) in [6, 6.07) is 0. The molecule has 0 spiro atoms. The van der Waals surface area contributed by atoms with Crippen LogP contribution in [0.15, 0.2) is 31.1 Å². The Morgan fingerprint density at radius 1 is 1.39 bits per heavy atom. The molecule has 0 saturated carbocycles.